The van der Waals surface area contributed by atoms with Crippen LogP contribution in [0.2, 0.25) is 0 Å². The Morgan fingerprint density at radius 1 is 1.17 bits per heavy atom. The minimum absolute atomic E-state index is 0. The van der Waals surface area contributed by atoms with Crippen molar-refractivity contribution in [3.05, 3.63) is 0 Å². The molecule has 0 radical (unpaired) electrons. The average molecular weight is 273 g/mol. The van der Waals surface area contributed by atoms with Gasteiger partial charge < -0.3 is 10.6 Å². The van der Waals surface area contributed by atoms with E-state index in [1.54, 1.807) is 0 Å². The fourth-order valence-corrected chi connectivity index (χ4v) is 3.84. The van der Waals surface area contributed by atoms with E-state index in [0.717, 1.165) is 18.3 Å². The van der Waals surface area contributed by atoms with E-state index in [2.05, 4.69) is 17.6 Å². The lowest BCUT2D eigenvalue weighted by Gasteiger charge is -2.34. The minimum Gasteiger partial charge on any atom is -0.352 e. The molecule has 0 bridgehead atoms. The molecular formula is C14H25ClN2O. The predicted molar refractivity (Wildman–Crippen MR) is 74.9 cm³/mol. The second-order valence-electron chi connectivity index (χ2n) is 6.39. The number of carbonyl (C=O) groups is 1. The van der Waals surface area contributed by atoms with E-state index in [4.69, 9.17) is 0 Å². The first kappa shape index (κ1) is 14.1. The van der Waals surface area contributed by atoms with E-state index in [1.165, 1.54) is 38.5 Å². The smallest absolute Gasteiger partial charge is 0.237 e. The van der Waals surface area contributed by atoms with Crippen LogP contribution < -0.4 is 10.6 Å². The number of hydrogen-bond acceptors (Lipinski definition) is 2. The number of nitrogens with one attached hydrogen (secondary N) is 2. The molecule has 0 aromatic rings. The highest BCUT2D eigenvalue weighted by molar-refractivity contribution is 5.85. The summed E-state index contributed by atoms with van der Waals surface area (Å²) in [5.74, 6) is 1.83. The average Bonchev–Trinajstić information content (AvgIpc) is 2.70. The van der Waals surface area contributed by atoms with Crippen molar-refractivity contribution >= 4 is 18.3 Å². The summed E-state index contributed by atoms with van der Waals surface area (Å²) in [5, 5.41) is 6.74. The molecule has 3 unspecified atom stereocenters. The molecule has 18 heavy (non-hydrogen) atoms. The molecule has 3 rings (SSSR count). The van der Waals surface area contributed by atoms with Crippen LogP contribution in [0.25, 0.3) is 0 Å². The summed E-state index contributed by atoms with van der Waals surface area (Å²) in [6, 6.07) is 1.18. The van der Waals surface area contributed by atoms with Crippen LogP contribution in [-0.2, 0) is 4.79 Å². The summed E-state index contributed by atoms with van der Waals surface area (Å²) >= 11 is 0. The van der Waals surface area contributed by atoms with Gasteiger partial charge in [0, 0.05) is 12.1 Å². The zero-order valence-electron chi connectivity index (χ0n) is 11.2. The second-order valence-corrected chi connectivity index (χ2v) is 6.39. The Bertz CT molecular complexity index is 290. The second kappa shape index (κ2) is 5.79. The molecule has 2 aliphatic carbocycles. The van der Waals surface area contributed by atoms with Crippen molar-refractivity contribution in [2.45, 2.75) is 70.0 Å². The molecule has 2 saturated carbocycles. The maximum absolute atomic E-state index is 12.1. The molecule has 4 heteroatoms. The first-order valence-corrected chi connectivity index (χ1v) is 7.29. The van der Waals surface area contributed by atoms with Crippen LogP contribution in [0.1, 0.15) is 51.9 Å². The number of hydrogen-bond donors (Lipinski definition) is 2. The molecule has 1 heterocycles. The predicted octanol–water partition coefficient (Wildman–Crippen LogP) is 2.24. The molecule has 3 nitrogen and oxygen atoms in total. The number of amides is 1. The Kier molecular flexibility index (Phi) is 4.54. The van der Waals surface area contributed by atoms with Crippen LogP contribution in [0.3, 0.4) is 0 Å². The molecule has 3 fully saturated rings. The molecule has 0 spiro atoms. The molecule has 1 amide bonds. The Morgan fingerprint density at radius 2 is 1.89 bits per heavy atom. The Balaban J connectivity index is 0.00000120. The highest BCUT2D eigenvalue weighted by Crippen LogP contribution is 2.33. The van der Waals surface area contributed by atoms with Crippen molar-refractivity contribution in [3.63, 3.8) is 0 Å². The van der Waals surface area contributed by atoms with E-state index in [9.17, 15) is 4.79 Å². The molecule has 3 atom stereocenters. The van der Waals surface area contributed by atoms with Crippen LogP contribution in [0.15, 0.2) is 0 Å². The summed E-state index contributed by atoms with van der Waals surface area (Å²) < 4.78 is 0. The van der Waals surface area contributed by atoms with Gasteiger partial charge in [0.05, 0.1) is 6.04 Å². The zero-order chi connectivity index (χ0) is 11.8. The van der Waals surface area contributed by atoms with Gasteiger partial charge in [-0.05, 0) is 43.9 Å². The van der Waals surface area contributed by atoms with E-state index < -0.39 is 0 Å². The molecule has 2 N–H and O–H groups in total. The summed E-state index contributed by atoms with van der Waals surface area (Å²) in [7, 11) is 0. The molecule has 1 aliphatic heterocycles. The van der Waals surface area contributed by atoms with E-state index >= 15 is 0 Å². The lowest BCUT2D eigenvalue weighted by molar-refractivity contribution is -0.124. The van der Waals surface area contributed by atoms with E-state index in [0.29, 0.717) is 12.1 Å². The normalized spacial score (nSPS) is 42.4. The highest BCUT2D eigenvalue weighted by Gasteiger charge is 2.39. The fraction of sp³-hybridized carbons (Fsp3) is 0.929. The SMILES string of the molecule is CC1CC(NC(=O)C2CC3CCCCC3N2)C1.Cl. The van der Waals surface area contributed by atoms with Crippen LogP contribution in [0, 0.1) is 11.8 Å². The number of carbonyl (C=O) groups excluding carboxylic acids is 1. The van der Waals surface area contributed by atoms with Gasteiger partial charge in [-0.15, -0.1) is 12.4 Å². The Hall–Kier alpha value is -0.280. The molecule has 3 aliphatic rings. The third-order valence-corrected chi connectivity index (χ3v) is 4.90. The summed E-state index contributed by atoms with van der Waals surface area (Å²) in [6.45, 7) is 2.25. The molecule has 1 saturated heterocycles. The van der Waals surface area contributed by atoms with Gasteiger partial charge in [-0.2, -0.15) is 0 Å². The summed E-state index contributed by atoms with van der Waals surface area (Å²) in [5.41, 5.74) is 0. The van der Waals surface area contributed by atoms with Gasteiger partial charge in [-0.25, -0.2) is 0 Å². The first-order valence-electron chi connectivity index (χ1n) is 7.29. The van der Waals surface area contributed by atoms with Gasteiger partial charge in [-0.3, -0.25) is 4.79 Å². The lowest BCUT2D eigenvalue weighted by Crippen LogP contribution is -2.50. The minimum atomic E-state index is 0. The Morgan fingerprint density at radius 3 is 2.56 bits per heavy atom. The van der Waals surface area contributed by atoms with Crippen molar-refractivity contribution in [2.75, 3.05) is 0 Å². The standard InChI is InChI=1S/C14H24N2O.ClH/c1-9-6-11(7-9)15-14(17)13-8-10-4-2-3-5-12(10)16-13;/h9-13,16H,2-8H2,1H3,(H,15,17);1H. The van der Waals surface area contributed by atoms with E-state index in [1.807, 2.05) is 0 Å². The topological polar surface area (TPSA) is 41.1 Å². The van der Waals surface area contributed by atoms with E-state index in [-0.39, 0.29) is 24.4 Å². The van der Waals surface area contributed by atoms with Gasteiger partial charge in [0.2, 0.25) is 5.91 Å². The van der Waals surface area contributed by atoms with Crippen molar-refractivity contribution < 1.29 is 4.79 Å². The van der Waals surface area contributed by atoms with Crippen LogP contribution in [0.5, 0.6) is 0 Å². The third kappa shape index (κ3) is 2.83. The van der Waals surface area contributed by atoms with Crippen molar-refractivity contribution in [3.8, 4) is 0 Å². The van der Waals surface area contributed by atoms with Crippen LogP contribution in [-0.4, -0.2) is 24.0 Å². The lowest BCUT2D eigenvalue weighted by atomic mass is 9.81. The van der Waals surface area contributed by atoms with Gasteiger partial charge in [-0.1, -0.05) is 19.8 Å². The Labute approximate surface area is 116 Å². The fourth-order valence-electron chi connectivity index (χ4n) is 3.84. The largest absolute Gasteiger partial charge is 0.352 e. The molecule has 104 valence electrons. The molecule has 0 aromatic heterocycles. The third-order valence-electron chi connectivity index (χ3n) is 4.90. The van der Waals surface area contributed by atoms with Gasteiger partial charge in [0.1, 0.15) is 0 Å². The van der Waals surface area contributed by atoms with Crippen molar-refractivity contribution in [1.29, 1.82) is 0 Å². The summed E-state index contributed by atoms with van der Waals surface area (Å²) in [4.78, 5) is 12.1. The van der Waals surface area contributed by atoms with Gasteiger partial charge >= 0.3 is 0 Å². The quantitative estimate of drug-likeness (QED) is 0.810. The number of fused-ring (bicyclic) bond motifs is 1. The number of halogens is 1. The van der Waals surface area contributed by atoms with Crippen molar-refractivity contribution in [2.24, 2.45) is 11.8 Å². The maximum Gasteiger partial charge on any atom is 0.237 e. The first-order chi connectivity index (χ1) is 8.22. The van der Waals surface area contributed by atoms with Crippen LogP contribution >= 0.6 is 12.4 Å². The molecule has 0 aromatic carbocycles. The number of rotatable bonds is 2. The zero-order valence-corrected chi connectivity index (χ0v) is 12.0. The molecular weight excluding hydrogens is 248 g/mol. The van der Waals surface area contributed by atoms with Crippen LogP contribution in [0.4, 0.5) is 0 Å². The van der Waals surface area contributed by atoms with Crippen molar-refractivity contribution in [1.82, 2.24) is 10.6 Å². The maximum atomic E-state index is 12.1. The van der Waals surface area contributed by atoms with Gasteiger partial charge in [0.25, 0.3) is 0 Å². The highest BCUT2D eigenvalue weighted by atomic mass is 35.5. The van der Waals surface area contributed by atoms with Gasteiger partial charge in [0.15, 0.2) is 0 Å². The summed E-state index contributed by atoms with van der Waals surface area (Å²) in [6.07, 6.45) is 8.70. The monoisotopic (exact) mass is 272 g/mol.